The Morgan fingerprint density at radius 1 is 1.53 bits per heavy atom. The number of aromatic amines is 1. The number of aliphatic hydroxyl groups excluding tert-OH is 1. The van der Waals surface area contributed by atoms with Gasteiger partial charge in [0.05, 0.1) is 23.9 Å². The van der Waals surface area contributed by atoms with E-state index in [2.05, 4.69) is 4.98 Å². The number of hydrogen-bond donors (Lipinski definition) is 3. The zero-order valence-corrected chi connectivity index (χ0v) is 10.6. The lowest BCUT2D eigenvalue weighted by Gasteiger charge is -2.22. The van der Waals surface area contributed by atoms with Crippen LogP contribution in [0.25, 0.3) is 10.9 Å². The molecule has 0 aliphatic carbocycles. The van der Waals surface area contributed by atoms with Crippen molar-refractivity contribution in [3.63, 3.8) is 0 Å². The lowest BCUT2D eigenvalue weighted by molar-refractivity contribution is 0.0673. The number of nitrogens with zero attached hydrogens (tertiary/aromatic N) is 1. The summed E-state index contributed by atoms with van der Waals surface area (Å²) in [7, 11) is 0. The summed E-state index contributed by atoms with van der Waals surface area (Å²) in [5.74, 6) is -0.0628. The van der Waals surface area contributed by atoms with Crippen LogP contribution in [0, 0.1) is 0 Å². The molecule has 100 valence electrons. The normalized spacial score (nSPS) is 19.2. The number of hydrogen-bond acceptors (Lipinski definition) is 3. The summed E-state index contributed by atoms with van der Waals surface area (Å²) in [5.41, 5.74) is 7.85. The second-order valence-corrected chi connectivity index (χ2v) is 4.97. The first-order valence-corrected chi connectivity index (χ1v) is 6.49. The van der Waals surface area contributed by atoms with Crippen LogP contribution in [0.4, 0.5) is 5.69 Å². The molecular formula is C14H17N3O2. The average Bonchev–Trinajstić information content (AvgIpc) is 3.04. The van der Waals surface area contributed by atoms with E-state index in [0.29, 0.717) is 17.9 Å². The molecule has 4 N–H and O–H groups in total. The van der Waals surface area contributed by atoms with E-state index in [1.54, 1.807) is 11.0 Å². The Labute approximate surface area is 111 Å². The molecule has 2 aromatic rings. The molecule has 1 aromatic heterocycles. The Morgan fingerprint density at radius 3 is 3.11 bits per heavy atom. The molecule has 2 heterocycles. The van der Waals surface area contributed by atoms with Crippen molar-refractivity contribution in [2.24, 2.45) is 0 Å². The van der Waals surface area contributed by atoms with E-state index >= 15 is 0 Å². The first-order chi connectivity index (χ1) is 9.20. The number of likely N-dealkylation sites (tertiary alicyclic amines) is 1. The molecule has 5 heteroatoms. The molecule has 0 unspecified atom stereocenters. The van der Waals surface area contributed by atoms with Gasteiger partial charge in [-0.1, -0.05) is 12.1 Å². The SMILES string of the molecule is Nc1cccc2cc(C(=O)N3CCC[C@@H]3CO)[nH]c12. The van der Waals surface area contributed by atoms with E-state index in [9.17, 15) is 9.90 Å². The third-order valence-corrected chi connectivity index (χ3v) is 3.77. The number of benzene rings is 1. The predicted molar refractivity (Wildman–Crippen MR) is 73.9 cm³/mol. The second kappa shape index (κ2) is 4.59. The monoisotopic (exact) mass is 259 g/mol. The number of nitrogens with one attached hydrogen (secondary N) is 1. The first-order valence-electron chi connectivity index (χ1n) is 6.49. The summed E-state index contributed by atoms with van der Waals surface area (Å²) in [4.78, 5) is 17.3. The minimum atomic E-state index is -0.0628. The Kier molecular flexibility index (Phi) is 2.91. The van der Waals surface area contributed by atoms with Crippen LogP contribution in [0.1, 0.15) is 23.3 Å². The Morgan fingerprint density at radius 2 is 2.37 bits per heavy atom. The minimum Gasteiger partial charge on any atom is -0.397 e. The number of nitrogen functional groups attached to an aromatic ring is 1. The smallest absolute Gasteiger partial charge is 0.270 e. The van der Waals surface area contributed by atoms with Crippen molar-refractivity contribution in [1.29, 1.82) is 0 Å². The molecule has 0 spiro atoms. The number of para-hydroxylation sites is 1. The van der Waals surface area contributed by atoms with Gasteiger partial charge in [-0.05, 0) is 25.0 Å². The maximum Gasteiger partial charge on any atom is 0.270 e. The van der Waals surface area contributed by atoms with Crippen LogP contribution in [0.5, 0.6) is 0 Å². The fourth-order valence-electron chi connectivity index (χ4n) is 2.74. The van der Waals surface area contributed by atoms with Gasteiger partial charge < -0.3 is 20.7 Å². The van der Waals surface area contributed by atoms with Gasteiger partial charge in [0.15, 0.2) is 0 Å². The fourth-order valence-corrected chi connectivity index (χ4v) is 2.74. The first kappa shape index (κ1) is 12.0. The van der Waals surface area contributed by atoms with E-state index in [1.807, 2.05) is 18.2 Å². The number of amides is 1. The third kappa shape index (κ3) is 1.96. The van der Waals surface area contributed by atoms with Crippen LogP contribution in [0.15, 0.2) is 24.3 Å². The van der Waals surface area contributed by atoms with Gasteiger partial charge in [0.2, 0.25) is 0 Å². The van der Waals surface area contributed by atoms with Crippen LogP contribution in [0.3, 0.4) is 0 Å². The number of rotatable bonds is 2. The Bertz CT molecular complexity index is 620. The summed E-state index contributed by atoms with van der Waals surface area (Å²) in [5, 5.41) is 10.2. The number of nitrogens with two attached hydrogens (primary N) is 1. The van der Waals surface area contributed by atoms with Crippen molar-refractivity contribution in [2.75, 3.05) is 18.9 Å². The van der Waals surface area contributed by atoms with Gasteiger partial charge in [-0.3, -0.25) is 4.79 Å². The highest BCUT2D eigenvalue weighted by molar-refractivity contribution is 6.01. The second-order valence-electron chi connectivity index (χ2n) is 4.97. The predicted octanol–water partition coefficient (Wildman–Crippen LogP) is 1.35. The summed E-state index contributed by atoms with van der Waals surface area (Å²) < 4.78 is 0. The standard InChI is InChI=1S/C14H17N3O2/c15-11-5-1-3-9-7-12(16-13(9)11)14(19)17-6-2-4-10(17)8-18/h1,3,5,7,10,16,18H,2,4,6,8,15H2/t10-/m1/s1. The zero-order chi connectivity index (χ0) is 13.4. The molecule has 0 saturated carbocycles. The van der Waals surface area contributed by atoms with E-state index in [1.165, 1.54) is 0 Å². The molecule has 1 aromatic carbocycles. The fraction of sp³-hybridized carbons (Fsp3) is 0.357. The lowest BCUT2D eigenvalue weighted by atomic mass is 10.2. The van der Waals surface area contributed by atoms with E-state index in [4.69, 9.17) is 5.73 Å². The lowest BCUT2D eigenvalue weighted by Crippen LogP contribution is -2.37. The van der Waals surface area contributed by atoms with E-state index in [-0.39, 0.29) is 18.6 Å². The number of carbonyl (C=O) groups excluding carboxylic acids is 1. The Balaban J connectivity index is 1.95. The number of carbonyl (C=O) groups is 1. The molecule has 19 heavy (non-hydrogen) atoms. The molecular weight excluding hydrogens is 242 g/mol. The molecule has 1 aliphatic rings. The third-order valence-electron chi connectivity index (χ3n) is 3.77. The number of fused-ring (bicyclic) bond motifs is 1. The average molecular weight is 259 g/mol. The largest absolute Gasteiger partial charge is 0.397 e. The van der Waals surface area contributed by atoms with Crippen LogP contribution in [-0.4, -0.2) is 40.1 Å². The van der Waals surface area contributed by atoms with Crippen molar-refractivity contribution in [3.8, 4) is 0 Å². The molecule has 0 radical (unpaired) electrons. The van der Waals surface area contributed by atoms with Crippen LogP contribution in [0.2, 0.25) is 0 Å². The van der Waals surface area contributed by atoms with E-state index < -0.39 is 0 Å². The molecule has 0 bridgehead atoms. The quantitative estimate of drug-likeness (QED) is 0.712. The van der Waals surface area contributed by atoms with Gasteiger partial charge in [0.1, 0.15) is 5.69 Å². The number of aromatic nitrogens is 1. The van der Waals surface area contributed by atoms with Crippen LogP contribution in [-0.2, 0) is 0 Å². The highest BCUT2D eigenvalue weighted by Crippen LogP contribution is 2.24. The van der Waals surface area contributed by atoms with Crippen molar-refractivity contribution < 1.29 is 9.90 Å². The molecule has 1 aliphatic heterocycles. The molecule has 1 atom stereocenters. The molecule has 1 amide bonds. The maximum atomic E-state index is 12.4. The molecule has 3 rings (SSSR count). The van der Waals surface area contributed by atoms with Gasteiger partial charge in [0, 0.05) is 11.9 Å². The van der Waals surface area contributed by atoms with Crippen molar-refractivity contribution in [1.82, 2.24) is 9.88 Å². The van der Waals surface area contributed by atoms with Crippen molar-refractivity contribution >= 4 is 22.5 Å². The number of aliphatic hydroxyl groups is 1. The summed E-state index contributed by atoms with van der Waals surface area (Å²) in [6.45, 7) is 0.725. The van der Waals surface area contributed by atoms with E-state index in [0.717, 1.165) is 23.7 Å². The topological polar surface area (TPSA) is 82.3 Å². The van der Waals surface area contributed by atoms with Crippen LogP contribution >= 0.6 is 0 Å². The number of anilines is 1. The van der Waals surface area contributed by atoms with Crippen molar-refractivity contribution in [2.45, 2.75) is 18.9 Å². The molecule has 5 nitrogen and oxygen atoms in total. The van der Waals surface area contributed by atoms with Gasteiger partial charge in [0.25, 0.3) is 5.91 Å². The van der Waals surface area contributed by atoms with Crippen LogP contribution < -0.4 is 5.73 Å². The summed E-state index contributed by atoms with van der Waals surface area (Å²) in [6.07, 6.45) is 1.81. The van der Waals surface area contributed by atoms with Crippen molar-refractivity contribution in [3.05, 3.63) is 30.0 Å². The van der Waals surface area contributed by atoms with Gasteiger partial charge in [-0.15, -0.1) is 0 Å². The molecule has 1 saturated heterocycles. The summed E-state index contributed by atoms with van der Waals surface area (Å²) >= 11 is 0. The highest BCUT2D eigenvalue weighted by Gasteiger charge is 2.29. The highest BCUT2D eigenvalue weighted by atomic mass is 16.3. The van der Waals surface area contributed by atoms with Gasteiger partial charge in [-0.25, -0.2) is 0 Å². The number of H-pyrrole nitrogens is 1. The summed E-state index contributed by atoms with van der Waals surface area (Å²) in [6, 6.07) is 7.36. The minimum absolute atomic E-state index is 0.0219. The Hall–Kier alpha value is -2.01. The zero-order valence-electron chi connectivity index (χ0n) is 10.6. The maximum absolute atomic E-state index is 12.4. The van der Waals surface area contributed by atoms with Gasteiger partial charge in [-0.2, -0.15) is 0 Å². The van der Waals surface area contributed by atoms with Gasteiger partial charge >= 0.3 is 0 Å². The molecule has 1 fully saturated rings.